The summed E-state index contributed by atoms with van der Waals surface area (Å²) in [5, 5.41) is 4.80. The van der Waals surface area contributed by atoms with Crippen molar-refractivity contribution in [1.29, 1.82) is 0 Å². The fourth-order valence-electron chi connectivity index (χ4n) is 4.38. The summed E-state index contributed by atoms with van der Waals surface area (Å²) in [4.78, 5) is 27.5. The third-order valence-corrected chi connectivity index (χ3v) is 6.13. The molecule has 1 aliphatic rings. The van der Waals surface area contributed by atoms with Crippen LogP contribution in [0.4, 0.5) is 11.4 Å². The molecular weight excluding hydrogens is 436 g/mol. The largest absolute Gasteiger partial charge is 0.497 e. The molecule has 4 aromatic rings. The minimum absolute atomic E-state index is 0.0847. The predicted octanol–water partition coefficient (Wildman–Crippen LogP) is 4.60. The second-order valence-corrected chi connectivity index (χ2v) is 8.08. The maximum Gasteiger partial charge on any atom is 0.229 e. The Labute approximate surface area is 196 Å². The minimum Gasteiger partial charge on any atom is -0.497 e. The van der Waals surface area contributed by atoms with Gasteiger partial charge in [0.25, 0.3) is 0 Å². The molecule has 1 saturated heterocycles. The molecule has 1 aromatic heterocycles. The van der Waals surface area contributed by atoms with Crippen LogP contribution in [0, 0.1) is 5.92 Å². The van der Waals surface area contributed by atoms with E-state index in [0.29, 0.717) is 34.2 Å². The lowest BCUT2D eigenvalue weighted by atomic mass is 10.1. The number of carbonyl (C=O) groups excluding carboxylic acids is 2. The lowest BCUT2D eigenvalue weighted by Crippen LogP contribution is -2.28. The number of ether oxygens (including phenoxy) is 3. The molecule has 0 bridgehead atoms. The van der Waals surface area contributed by atoms with Gasteiger partial charge < -0.3 is 28.8 Å². The zero-order valence-electron chi connectivity index (χ0n) is 19.1. The Bertz CT molecular complexity index is 1410. The van der Waals surface area contributed by atoms with Crippen molar-refractivity contribution in [2.75, 3.05) is 38.1 Å². The molecule has 1 N–H and O–H groups in total. The third-order valence-electron chi connectivity index (χ3n) is 6.13. The molecule has 34 heavy (non-hydrogen) atoms. The first-order valence-electron chi connectivity index (χ1n) is 10.8. The van der Waals surface area contributed by atoms with Crippen molar-refractivity contribution in [2.24, 2.45) is 5.92 Å². The highest BCUT2D eigenvalue weighted by Crippen LogP contribution is 2.38. The summed E-state index contributed by atoms with van der Waals surface area (Å²) in [6.07, 6.45) is 0.0847. The van der Waals surface area contributed by atoms with Crippen molar-refractivity contribution in [1.82, 2.24) is 0 Å². The number of nitrogens with zero attached hydrogens (tertiary/aromatic N) is 1. The maximum absolute atomic E-state index is 13.2. The molecule has 0 aliphatic carbocycles. The van der Waals surface area contributed by atoms with Crippen LogP contribution in [0.1, 0.15) is 6.42 Å². The first kappa shape index (κ1) is 21.6. The molecule has 1 atom stereocenters. The van der Waals surface area contributed by atoms with Crippen LogP contribution in [-0.4, -0.2) is 39.7 Å². The van der Waals surface area contributed by atoms with Crippen molar-refractivity contribution >= 4 is 45.1 Å². The van der Waals surface area contributed by atoms with Crippen LogP contribution in [0.25, 0.3) is 21.9 Å². The fourth-order valence-corrected chi connectivity index (χ4v) is 4.38. The van der Waals surface area contributed by atoms with E-state index in [9.17, 15) is 9.59 Å². The maximum atomic E-state index is 13.2. The monoisotopic (exact) mass is 460 g/mol. The van der Waals surface area contributed by atoms with Gasteiger partial charge in [0, 0.05) is 35.9 Å². The lowest BCUT2D eigenvalue weighted by Gasteiger charge is -2.20. The SMILES string of the molecule is COc1ccc(OC)c(N2C[C@@H](C(=O)Nc3cc4oc5ccccc5c4cc3OC)CC2=O)c1. The summed E-state index contributed by atoms with van der Waals surface area (Å²) in [5.74, 6) is 0.674. The number of para-hydroxylation sites is 1. The van der Waals surface area contributed by atoms with Crippen molar-refractivity contribution in [3.63, 3.8) is 0 Å². The van der Waals surface area contributed by atoms with Gasteiger partial charge in [0.2, 0.25) is 11.8 Å². The Morgan fingerprint density at radius 3 is 2.50 bits per heavy atom. The molecule has 8 heteroatoms. The molecule has 1 fully saturated rings. The molecule has 2 heterocycles. The van der Waals surface area contributed by atoms with Crippen molar-refractivity contribution < 1.29 is 28.2 Å². The highest BCUT2D eigenvalue weighted by molar-refractivity contribution is 6.09. The number of amides is 2. The second-order valence-electron chi connectivity index (χ2n) is 8.08. The standard InChI is InChI=1S/C26H24N2O6/c1-31-16-8-9-22(32-2)20(11-16)28-14-15(10-25(28)29)26(30)27-19-13-23-18(12-24(19)33-3)17-6-4-5-7-21(17)34-23/h4-9,11-13,15H,10,14H2,1-3H3,(H,27,30)/t15-/m0/s1. The normalized spacial score (nSPS) is 15.7. The highest BCUT2D eigenvalue weighted by Gasteiger charge is 2.37. The van der Waals surface area contributed by atoms with E-state index in [1.807, 2.05) is 30.3 Å². The zero-order chi connectivity index (χ0) is 23.8. The summed E-state index contributed by atoms with van der Waals surface area (Å²) < 4.78 is 22.2. The number of carbonyl (C=O) groups is 2. The van der Waals surface area contributed by atoms with E-state index in [1.165, 1.54) is 7.11 Å². The molecule has 0 radical (unpaired) electrons. The van der Waals surface area contributed by atoms with Gasteiger partial charge in [-0.3, -0.25) is 9.59 Å². The predicted molar refractivity (Wildman–Crippen MR) is 129 cm³/mol. The molecule has 2 amide bonds. The molecular formula is C26H24N2O6. The van der Waals surface area contributed by atoms with E-state index in [2.05, 4.69) is 5.32 Å². The molecule has 1 aliphatic heterocycles. The fraction of sp³-hybridized carbons (Fsp3) is 0.231. The molecule has 5 rings (SSSR count). The van der Waals surface area contributed by atoms with Crippen LogP contribution in [-0.2, 0) is 9.59 Å². The van der Waals surface area contributed by atoms with Gasteiger partial charge in [-0.05, 0) is 24.3 Å². The first-order chi connectivity index (χ1) is 16.5. The van der Waals surface area contributed by atoms with Gasteiger partial charge in [-0.15, -0.1) is 0 Å². The van der Waals surface area contributed by atoms with E-state index in [4.69, 9.17) is 18.6 Å². The Balaban J connectivity index is 1.41. The highest BCUT2D eigenvalue weighted by atomic mass is 16.5. The lowest BCUT2D eigenvalue weighted by molar-refractivity contribution is -0.122. The first-order valence-corrected chi connectivity index (χ1v) is 10.8. The van der Waals surface area contributed by atoms with E-state index in [1.54, 1.807) is 43.4 Å². The zero-order valence-corrected chi connectivity index (χ0v) is 19.1. The van der Waals surface area contributed by atoms with Gasteiger partial charge >= 0.3 is 0 Å². The number of fused-ring (bicyclic) bond motifs is 3. The number of furan rings is 1. The minimum atomic E-state index is -0.542. The molecule has 0 spiro atoms. The van der Waals surface area contributed by atoms with Crippen LogP contribution in [0.5, 0.6) is 17.2 Å². The van der Waals surface area contributed by atoms with Crippen LogP contribution < -0.4 is 24.4 Å². The van der Waals surface area contributed by atoms with E-state index in [-0.39, 0.29) is 24.8 Å². The molecule has 3 aromatic carbocycles. The topological polar surface area (TPSA) is 90.2 Å². The molecule has 0 unspecified atom stereocenters. The van der Waals surface area contributed by atoms with Crippen LogP contribution in [0.2, 0.25) is 0 Å². The summed E-state index contributed by atoms with van der Waals surface area (Å²) in [6, 6.07) is 16.6. The molecule has 8 nitrogen and oxygen atoms in total. The Kier molecular flexibility index (Phi) is 5.49. The van der Waals surface area contributed by atoms with E-state index in [0.717, 1.165) is 16.4 Å². The number of hydrogen-bond donors (Lipinski definition) is 1. The van der Waals surface area contributed by atoms with Gasteiger partial charge in [-0.25, -0.2) is 0 Å². The van der Waals surface area contributed by atoms with Crippen molar-refractivity contribution in [2.45, 2.75) is 6.42 Å². The number of benzene rings is 3. The Hall–Kier alpha value is -4.20. The van der Waals surface area contributed by atoms with Gasteiger partial charge in [-0.1, -0.05) is 18.2 Å². The number of anilines is 2. The van der Waals surface area contributed by atoms with E-state index >= 15 is 0 Å². The third kappa shape index (κ3) is 3.67. The molecule has 174 valence electrons. The smallest absolute Gasteiger partial charge is 0.229 e. The number of nitrogens with one attached hydrogen (secondary N) is 1. The Morgan fingerprint density at radius 2 is 1.74 bits per heavy atom. The van der Waals surface area contributed by atoms with E-state index < -0.39 is 5.92 Å². The van der Waals surface area contributed by atoms with Gasteiger partial charge in [0.1, 0.15) is 28.4 Å². The number of hydrogen-bond acceptors (Lipinski definition) is 6. The Morgan fingerprint density at radius 1 is 0.941 bits per heavy atom. The quantitative estimate of drug-likeness (QED) is 0.452. The number of rotatable bonds is 6. The van der Waals surface area contributed by atoms with Gasteiger partial charge in [0.05, 0.1) is 38.6 Å². The molecule has 0 saturated carbocycles. The van der Waals surface area contributed by atoms with Crippen LogP contribution in [0.15, 0.2) is 59.0 Å². The summed E-state index contributed by atoms with van der Waals surface area (Å²) in [7, 11) is 4.64. The summed E-state index contributed by atoms with van der Waals surface area (Å²) >= 11 is 0. The second kappa shape index (κ2) is 8.62. The number of methoxy groups -OCH3 is 3. The van der Waals surface area contributed by atoms with Crippen molar-refractivity contribution in [3.05, 3.63) is 54.6 Å². The average molecular weight is 460 g/mol. The average Bonchev–Trinajstić information content (AvgIpc) is 3.42. The van der Waals surface area contributed by atoms with Crippen LogP contribution in [0.3, 0.4) is 0 Å². The van der Waals surface area contributed by atoms with Crippen molar-refractivity contribution in [3.8, 4) is 17.2 Å². The van der Waals surface area contributed by atoms with Gasteiger partial charge in [0.15, 0.2) is 0 Å². The van der Waals surface area contributed by atoms with Gasteiger partial charge in [-0.2, -0.15) is 0 Å². The summed E-state index contributed by atoms with van der Waals surface area (Å²) in [6.45, 7) is 0.226. The summed E-state index contributed by atoms with van der Waals surface area (Å²) in [5.41, 5.74) is 2.46. The van der Waals surface area contributed by atoms with Crippen LogP contribution >= 0.6 is 0 Å².